The smallest absolute Gasteiger partial charge is 0.347 e. The number of nitrogen functional groups attached to an aromatic ring is 1. The first-order chi connectivity index (χ1) is 9.25. The molecule has 2 aromatic carbocycles. The summed E-state index contributed by atoms with van der Waals surface area (Å²) >= 11 is 0. The number of carbonyl (C=O) groups excluding carboxylic acids is 1. The fourth-order valence-electron chi connectivity index (χ4n) is 1.94. The number of nitrogens with one attached hydrogen (secondary N) is 1. The average Bonchev–Trinajstić information content (AvgIpc) is 2.78. The van der Waals surface area contributed by atoms with Gasteiger partial charge in [-0.1, -0.05) is 30.3 Å². The summed E-state index contributed by atoms with van der Waals surface area (Å²) in [7, 11) is 0. The van der Waals surface area contributed by atoms with Crippen LogP contribution in [0.2, 0.25) is 0 Å². The standard InChI is InChI=1S/C14H12N4O/c15-13-11-8-4-5-9-12(11)18(17-13)14(19)16-10-6-2-1-3-7-10/h1-9H,(H2,15,17)(H,16,19). The number of aromatic nitrogens is 2. The maximum atomic E-state index is 12.2. The van der Waals surface area contributed by atoms with Gasteiger partial charge in [-0.25, -0.2) is 4.79 Å². The van der Waals surface area contributed by atoms with E-state index in [0.717, 1.165) is 5.39 Å². The Balaban J connectivity index is 1.98. The van der Waals surface area contributed by atoms with Crippen LogP contribution in [-0.2, 0) is 0 Å². The highest BCUT2D eigenvalue weighted by atomic mass is 16.2. The molecule has 1 heterocycles. The summed E-state index contributed by atoms with van der Waals surface area (Å²) in [6.07, 6.45) is 0. The second-order valence-corrected chi connectivity index (χ2v) is 4.11. The molecule has 0 spiro atoms. The van der Waals surface area contributed by atoms with Gasteiger partial charge in [0, 0.05) is 11.1 Å². The van der Waals surface area contributed by atoms with E-state index in [-0.39, 0.29) is 6.03 Å². The third-order valence-corrected chi connectivity index (χ3v) is 2.83. The molecule has 0 unspecified atom stereocenters. The van der Waals surface area contributed by atoms with Crippen molar-refractivity contribution in [3.63, 3.8) is 0 Å². The number of carbonyl (C=O) groups is 1. The van der Waals surface area contributed by atoms with Crippen LogP contribution < -0.4 is 11.1 Å². The van der Waals surface area contributed by atoms with Crippen molar-refractivity contribution in [1.82, 2.24) is 9.78 Å². The zero-order valence-electron chi connectivity index (χ0n) is 10.1. The third kappa shape index (κ3) is 2.01. The lowest BCUT2D eigenvalue weighted by Gasteiger charge is -2.05. The molecular weight excluding hydrogens is 240 g/mol. The molecular formula is C14H12N4O. The molecule has 94 valence electrons. The van der Waals surface area contributed by atoms with Crippen molar-refractivity contribution in [3.05, 3.63) is 54.6 Å². The molecule has 0 atom stereocenters. The highest BCUT2D eigenvalue weighted by molar-refractivity contribution is 6.00. The van der Waals surface area contributed by atoms with Gasteiger partial charge in [0.1, 0.15) is 0 Å². The van der Waals surface area contributed by atoms with Crippen LogP contribution in [0, 0.1) is 0 Å². The number of benzene rings is 2. The largest absolute Gasteiger partial charge is 0.382 e. The maximum Gasteiger partial charge on any atom is 0.347 e. The Morgan fingerprint density at radius 3 is 2.53 bits per heavy atom. The van der Waals surface area contributed by atoms with Crippen LogP contribution in [0.4, 0.5) is 16.3 Å². The minimum absolute atomic E-state index is 0.334. The monoisotopic (exact) mass is 252 g/mol. The van der Waals surface area contributed by atoms with Crippen LogP contribution >= 0.6 is 0 Å². The molecule has 5 nitrogen and oxygen atoms in total. The number of para-hydroxylation sites is 2. The number of fused-ring (bicyclic) bond motifs is 1. The lowest BCUT2D eigenvalue weighted by atomic mass is 10.2. The Kier molecular flexibility index (Phi) is 2.64. The van der Waals surface area contributed by atoms with Gasteiger partial charge >= 0.3 is 6.03 Å². The van der Waals surface area contributed by atoms with E-state index in [1.54, 1.807) is 0 Å². The number of hydrogen-bond acceptors (Lipinski definition) is 3. The van der Waals surface area contributed by atoms with Crippen molar-refractivity contribution in [2.24, 2.45) is 0 Å². The van der Waals surface area contributed by atoms with E-state index >= 15 is 0 Å². The van der Waals surface area contributed by atoms with E-state index in [0.29, 0.717) is 17.0 Å². The minimum atomic E-state index is -0.334. The maximum absolute atomic E-state index is 12.2. The molecule has 5 heteroatoms. The fraction of sp³-hybridized carbons (Fsp3) is 0. The lowest BCUT2D eigenvalue weighted by Crippen LogP contribution is -2.20. The number of nitrogens with zero attached hydrogens (tertiary/aromatic N) is 2. The molecule has 0 saturated carbocycles. The number of rotatable bonds is 1. The second-order valence-electron chi connectivity index (χ2n) is 4.11. The Morgan fingerprint density at radius 1 is 1.05 bits per heavy atom. The Morgan fingerprint density at radius 2 is 1.74 bits per heavy atom. The van der Waals surface area contributed by atoms with E-state index in [1.165, 1.54) is 4.68 Å². The highest BCUT2D eigenvalue weighted by Gasteiger charge is 2.13. The molecule has 0 aliphatic rings. The fourth-order valence-corrected chi connectivity index (χ4v) is 1.94. The molecule has 1 amide bonds. The Bertz CT molecular complexity index is 734. The van der Waals surface area contributed by atoms with Crippen molar-refractivity contribution in [2.75, 3.05) is 11.1 Å². The van der Waals surface area contributed by atoms with Crippen molar-refractivity contribution in [1.29, 1.82) is 0 Å². The second kappa shape index (κ2) is 4.45. The van der Waals surface area contributed by atoms with Gasteiger partial charge in [0.25, 0.3) is 0 Å². The molecule has 3 rings (SSSR count). The Labute approximate surface area is 109 Å². The quantitative estimate of drug-likeness (QED) is 0.699. The highest BCUT2D eigenvalue weighted by Crippen LogP contribution is 2.20. The molecule has 0 fully saturated rings. The van der Waals surface area contributed by atoms with Crippen LogP contribution in [0.3, 0.4) is 0 Å². The molecule has 0 radical (unpaired) electrons. The predicted octanol–water partition coefficient (Wildman–Crippen LogP) is 2.70. The van der Waals surface area contributed by atoms with Gasteiger partial charge in [-0.05, 0) is 24.3 Å². The topological polar surface area (TPSA) is 72.9 Å². The van der Waals surface area contributed by atoms with Gasteiger partial charge < -0.3 is 11.1 Å². The minimum Gasteiger partial charge on any atom is -0.382 e. The number of hydrogen-bond donors (Lipinski definition) is 2. The lowest BCUT2D eigenvalue weighted by molar-refractivity contribution is 0.252. The molecule has 3 N–H and O–H groups in total. The number of anilines is 2. The molecule has 1 aromatic heterocycles. The van der Waals surface area contributed by atoms with Crippen molar-refractivity contribution >= 4 is 28.4 Å². The van der Waals surface area contributed by atoms with Crippen molar-refractivity contribution in [3.8, 4) is 0 Å². The van der Waals surface area contributed by atoms with Gasteiger partial charge in [0.2, 0.25) is 0 Å². The van der Waals surface area contributed by atoms with Gasteiger partial charge in [-0.15, -0.1) is 5.10 Å². The van der Waals surface area contributed by atoms with E-state index in [2.05, 4.69) is 10.4 Å². The summed E-state index contributed by atoms with van der Waals surface area (Å²) < 4.78 is 1.28. The Hall–Kier alpha value is -2.82. The SMILES string of the molecule is Nc1nn(C(=O)Nc2ccccc2)c2ccccc12. The molecule has 19 heavy (non-hydrogen) atoms. The van der Waals surface area contributed by atoms with Gasteiger partial charge in [-0.3, -0.25) is 0 Å². The molecule has 0 saturated heterocycles. The van der Waals surface area contributed by atoms with Crippen LogP contribution in [0.25, 0.3) is 10.9 Å². The van der Waals surface area contributed by atoms with Crippen LogP contribution in [0.1, 0.15) is 0 Å². The van der Waals surface area contributed by atoms with Crippen LogP contribution in [-0.4, -0.2) is 15.8 Å². The normalized spacial score (nSPS) is 10.5. The van der Waals surface area contributed by atoms with Gasteiger partial charge in [-0.2, -0.15) is 4.68 Å². The summed E-state index contributed by atoms with van der Waals surface area (Å²) in [6, 6.07) is 16.2. The summed E-state index contributed by atoms with van der Waals surface area (Å²) in [5, 5.41) is 7.61. The summed E-state index contributed by atoms with van der Waals surface area (Å²) in [5.74, 6) is 0.346. The summed E-state index contributed by atoms with van der Waals surface area (Å²) in [6.45, 7) is 0. The molecule has 0 aliphatic heterocycles. The van der Waals surface area contributed by atoms with E-state index < -0.39 is 0 Å². The summed E-state index contributed by atoms with van der Waals surface area (Å²) in [5.41, 5.74) is 7.20. The van der Waals surface area contributed by atoms with Gasteiger partial charge in [0.15, 0.2) is 5.82 Å². The first kappa shape index (κ1) is 11.3. The predicted molar refractivity (Wildman–Crippen MR) is 75.0 cm³/mol. The zero-order chi connectivity index (χ0) is 13.2. The van der Waals surface area contributed by atoms with E-state index in [4.69, 9.17) is 5.73 Å². The number of nitrogens with two attached hydrogens (primary N) is 1. The van der Waals surface area contributed by atoms with Crippen LogP contribution in [0.5, 0.6) is 0 Å². The van der Waals surface area contributed by atoms with Crippen molar-refractivity contribution < 1.29 is 4.79 Å². The average molecular weight is 252 g/mol. The van der Waals surface area contributed by atoms with E-state index in [1.807, 2.05) is 54.6 Å². The zero-order valence-corrected chi connectivity index (χ0v) is 10.1. The molecule has 0 aliphatic carbocycles. The third-order valence-electron chi connectivity index (χ3n) is 2.83. The first-order valence-corrected chi connectivity index (χ1v) is 5.85. The molecule has 0 bridgehead atoms. The van der Waals surface area contributed by atoms with Gasteiger partial charge in [0.05, 0.1) is 5.52 Å². The number of amides is 1. The summed E-state index contributed by atoms with van der Waals surface area (Å²) in [4.78, 5) is 12.2. The van der Waals surface area contributed by atoms with E-state index in [9.17, 15) is 4.79 Å². The first-order valence-electron chi connectivity index (χ1n) is 5.85. The van der Waals surface area contributed by atoms with Crippen molar-refractivity contribution in [2.45, 2.75) is 0 Å². The van der Waals surface area contributed by atoms with Crippen LogP contribution in [0.15, 0.2) is 54.6 Å². The molecule has 3 aromatic rings.